The van der Waals surface area contributed by atoms with E-state index < -0.39 is 101 Å². The van der Waals surface area contributed by atoms with Gasteiger partial charge in [-0.05, 0) is 100 Å². The highest BCUT2D eigenvalue weighted by molar-refractivity contribution is 5.97. The molecule has 7 atom stereocenters. The second kappa shape index (κ2) is 31.1. The molecule has 0 radical (unpaired) electrons. The van der Waals surface area contributed by atoms with Crippen LogP contribution in [0, 0.1) is 29.6 Å². The highest BCUT2D eigenvalue weighted by Gasteiger charge is 2.36. The Bertz CT molecular complexity index is 1520. The Morgan fingerprint density at radius 3 is 1.11 bits per heavy atom. The van der Waals surface area contributed by atoms with Crippen LogP contribution in [-0.2, 0) is 43.2 Å². The van der Waals surface area contributed by atoms with E-state index in [0.29, 0.717) is 38.8 Å². The molecule has 368 valence electrons. The molecular formula is C44H83N11O9. The Hall–Kier alpha value is -4.85. The smallest absolute Gasteiger partial charge is 0.243 e. The van der Waals surface area contributed by atoms with Gasteiger partial charge >= 0.3 is 0 Å². The molecule has 0 aliphatic heterocycles. The van der Waals surface area contributed by atoms with Gasteiger partial charge in [-0.3, -0.25) is 43.2 Å². The molecule has 9 amide bonds. The first-order valence-corrected chi connectivity index (χ1v) is 22.9. The Labute approximate surface area is 380 Å². The number of carbonyl (C=O) groups is 9. The van der Waals surface area contributed by atoms with Gasteiger partial charge in [0.05, 0.1) is 6.54 Å². The Morgan fingerprint density at radius 1 is 0.422 bits per heavy atom. The highest BCUT2D eigenvalue weighted by Crippen LogP contribution is 2.14. The molecule has 0 aliphatic carbocycles. The van der Waals surface area contributed by atoms with Crippen molar-refractivity contribution >= 4 is 53.2 Å². The van der Waals surface area contributed by atoms with E-state index in [0.717, 1.165) is 0 Å². The largest absolute Gasteiger partial charge is 0.368 e. The van der Waals surface area contributed by atoms with Crippen molar-refractivity contribution in [2.45, 2.75) is 176 Å². The van der Waals surface area contributed by atoms with Gasteiger partial charge in [-0.25, -0.2) is 0 Å². The van der Waals surface area contributed by atoms with E-state index in [1.807, 2.05) is 41.5 Å². The summed E-state index contributed by atoms with van der Waals surface area (Å²) in [6, 6.07) is -7.58. The average molecular weight is 910 g/mol. The number of nitrogens with two attached hydrogens (primary N) is 3. The number of rotatable bonds is 32. The fourth-order valence-corrected chi connectivity index (χ4v) is 6.74. The van der Waals surface area contributed by atoms with Crippen LogP contribution in [0.5, 0.6) is 0 Å². The Morgan fingerprint density at radius 2 is 0.750 bits per heavy atom. The number of hydrogen-bond donors (Lipinski definition) is 11. The third-order valence-electron chi connectivity index (χ3n) is 10.2. The van der Waals surface area contributed by atoms with Crippen LogP contribution < -0.4 is 59.7 Å². The number of hydrogen-bond acceptors (Lipinski definition) is 11. The maximum Gasteiger partial charge on any atom is 0.243 e. The van der Waals surface area contributed by atoms with E-state index in [2.05, 4.69) is 42.5 Å². The summed E-state index contributed by atoms with van der Waals surface area (Å²) in [4.78, 5) is 119. The molecule has 0 aromatic rings. The van der Waals surface area contributed by atoms with Crippen LogP contribution in [-0.4, -0.2) is 115 Å². The summed E-state index contributed by atoms with van der Waals surface area (Å²) in [5.74, 6) is -6.67. The van der Waals surface area contributed by atoms with Gasteiger partial charge in [0.2, 0.25) is 53.2 Å². The number of nitrogens with one attached hydrogen (secondary N) is 8. The van der Waals surface area contributed by atoms with Crippen molar-refractivity contribution in [3.05, 3.63) is 0 Å². The molecule has 0 heterocycles. The minimum atomic E-state index is -1.14. The van der Waals surface area contributed by atoms with Crippen LogP contribution in [0.3, 0.4) is 0 Å². The van der Waals surface area contributed by atoms with E-state index in [9.17, 15) is 43.2 Å². The van der Waals surface area contributed by atoms with Gasteiger partial charge in [0, 0.05) is 6.92 Å². The van der Waals surface area contributed by atoms with E-state index >= 15 is 0 Å². The molecule has 0 spiro atoms. The Balaban J connectivity index is 6.41. The maximum atomic E-state index is 14.1. The molecule has 0 rings (SSSR count). The summed E-state index contributed by atoms with van der Waals surface area (Å²) >= 11 is 0. The highest BCUT2D eigenvalue weighted by atomic mass is 16.2. The van der Waals surface area contributed by atoms with E-state index in [-0.39, 0.29) is 62.3 Å². The van der Waals surface area contributed by atoms with Gasteiger partial charge < -0.3 is 59.7 Å². The summed E-state index contributed by atoms with van der Waals surface area (Å²) in [5.41, 5.74) is 16.9. The first-order chi connectivity index (χ1) is 29.8. The topological polar surface area (TPSA) is 328 Å². The van der Waals surface area contributed by atoms with Gasteiger partial charge in [0.1, 0.15) is 42.3 Å². The zero-order valence-electron chi connectivity index (χ0n) is 40.3. The van der Waals surface area contributed by atoms with Crippen LogP contribution in [0.25, 0.3) is 0 Å². The van der Waals surface area contributed by atoms with Crippen LogP contribution in [0.15, 0.2) is 0 Å². The lowest BCUT2D eigenvalue weighted by Crippen LogP contribution is -2.61. The first-order valence-electron chi connectivity index (χ1n) is 22.9. The molecule has 14 N–H and O–H groups in total. The monoisotopic (exact) mass is 910 g/mol. The van der Waals surface area contributed by atoms with Crippen molar-refractivity contribution in [3.8, 4) is 0 Å². The quantitative estimate of drug-likeness (QED) is 0.0390. The summed E-state index contributed by atoms with van der Waals surface area (Å²) in [5, 5.41) is 21.5. The molecule has 20 heteroatoms. The van der Waals surface area contributed by atoms with Crippen molar-refractivity contribution < 1.29 is 43.2 Å². The predicted molar refractivity (Wildman–Crippen MR) is 245 cm³/mol. The van der Waals surface area contributed by atoms with Crippen molar-refractivity contribution in [3.63, 3.8) is 0 Å². The van der Waals surface area contributed by atoms with Gasteiger partial charge in [0.25, 0.3) is 0 Å². The fourth-order valence-electron chi connectivity index (χ4n) is 6.74. The standard InChI is InChI=1S/C44H83N11O9/c1-24(2)20-32(40(60)50-31(17-13-15-19-46)39(59)49-30(38(47)58)16-12-14-18-45)51-41(61)33(21-25(3)4)52-42(62)34(22-26(5)6)53-43(63)37(28(9)10)55-44(64)36(27(7)8)54-35(57)23-48-29(11)56/h24-28,30-34,36-37H,12-23,45-46H2,1-11H3,(H2,47,58)(H,48,56)(H,49,59)(H,50,60)(H,51,61)(H,52,62)(H,53,63)(H,54,57)(H,55,64)/t30-,31-,32-,33-,34-,36-,37-/m0/s1. The second-order valence-electron chi connectivity index (χ2n) is 18.6. The van der Waals surface area contributed by atoms with Crippen LogP contribution in [0.4, 0.5) is 0 Å². The molecular weight excluding hydrogens is 827 g/mol. The molecule has 0 saturated heterocycles. The molecule has 64 heavy (non-hydrogen) atoms. The zero-order valence-corrected chi connectivity index (χ0v) is 40.3. The maximum absolute atomic E-state index is 14.1. The molecule has 20 nitrogen and oxygen atoms in total. The number of unbranched alkanes of at least 4 members (excludes halogenated alkanes) is 2. The lowest BCUT2D eigenvalue weighted by molar-refractivity contribution is -0.136. The molecule has 0 unspecified atom stereocenters. The van der Waals surface area contributed by atoms with E-state index in [4.69, 9.17) is 17.2 Å². The van der Waals surface area contributed by atoms with Gasteiger partial charge in [0.15, 0.2) is 0 Å². The molecule has 0 saturated carbocycles. The minimum absolute atomic E-state index is 0.0867. The van der Waals surface area contributed by atoms with E-state index in [1.165, 1.54) is 6.92 Å². The summed E-state index contributed by atoms with van der Waals surface area (Å²) in [6.07, 6.45) is 3.26. The summed E-state index contributed by atoms with van der Waals surface area (Å²) in [7, 11) is 0. The lowest BCUT2D eigenvalue weighted by Gasteiger charge is -2.30. The minimum Gasteiger partial charge on any atom is -0.368 e. The average Bonchev–Trinajstić information content (AvgIpc) is 3.18. The van der Waals surface area contributed by atoms with Crippen molar-refractivity contribution in [1.29, 1.82) is 0 Å². The van der Waals surface area contributed by atoms with E-state index in [1.54, 1.807) is 27.7 Å². The second-order valence-corrected chi connectivity index (χ2v) is 18.6. The normalized spacial score (nSPS) is 14.7. The van der Waals surface area contributed by atoms with Gasteiger partial charge in [-0.15, -0.1) is 0 Å². The van der Waals surface area contributed by atoms with Crippen LogP contribution >= 0.6 is 0 Å². The third-order valence-corrected chi connectivity index (χ3v) is 10.2. The van der Waals surface area contributed by atoms with Crippen LogP contribution in [0.1, 0.15) is 134 Å². The number of carbonyl (C=O) groups excluding carboxylic acids is 9. The summed E-state index contributed by atoms with van der Waals surface area (Å²) < 4.78 is 0. The van der Waals surface area contributed by atoms with Crippen molar-refractivity contribution in [2.24, 2.45) is 46.8 Å². The lowest BCUT2D eigenvalue weighted by atomic mass is 9.97. The third kappa shape index (κ3) is 24.3. The number of amides is 9. The molecule has 0 fully saturated rings. The Kier molecular flexibility index (Phi) is 28.7. The molecule has 0 aromatic carbocycles. The molecule has 0 aromatic heterocycles. The summed E-state index contributed by atoms with van der Waals surface area (Å²) in [6.45, 7) is 19.7. The van der Waals surface area contributed by atoms with Gasteiger partial charge in [-0.2, -0.15) is 0 Å². The van der Waals surface area contributed by atoms with Crippen LogP contribution in [0.2, 0.25) is 0 Å². The SMILES string of the molecule is CC(=O)NCC(=O)N[C@H](C(=O)N[C@H](C(=O)N[C@@H](CC(C)C)C(=O)N[C@@H](CC(C)C)C(=O)N[C@@H](CC(C)C)C(=O)N[C@@H](CCCCN)C(=O)N[C@@H](CCCCN)C(N)=O)C(C)C)C(C)C. The van der Waals surface area contributed by atoms with Gasteiger partial charge in [-0.1, -0.05) is 69.2 Å². The predicted octanol–water partition coefficient (Wildman–Crippen LogP) is -0.290. The molecule has 0 aliphatic rings. The van der Waals surface area contributed by atoms with Crippen molar-refractivity contribution in [1.82, 2.24) is 42.5 Å². The number of primary amides is 1. The zero-order chi connectivity index (χ0) is 49.3. The first kappa shape index (κ1) is 59.1. The fraction of sp³-hybridized carbons (Fsp3) is 0.795. The molecule has 0 bridgehead atoms. The van der Waals surface area contributed by atoms with Crippen molar-refractivity contribution in [2.75, 3.05) is 19.6 Å².